The molecule has 0 spiro atoms. The second-order valence-electron chi connectivity index (χ2n) is 5.70. The third-order valence-corrected chi connectivity index (χ3v) is 3.91. The van der Waals surface area contributed by atoms with Gasteiger partial charge in [0.1, 0.15) is 5.76 Å². The Kier molecular flexibility index (Phi) is 9.05. The Balaban J connectivity index is 0.000000188. The second kappa shape index (κ2) is 11.1. The van der Waals surface area contributed by atoms with E-state index in [9.17, 15) is 0 Å². The van der Waals surface area contributed by atoms with Crippen molar-refractivity contribution in [3.05, 3.63) is 102 Å². The smallest absolute Gasteiger partial charge is 0.128 e. The highest BCUT2D eigenvalue weighted by Crippen LogP contribution is 2.13. The Hall–Kier alpha value is -2.58. The van der Waals surface area contributed by atoms with Gasteiger partial charge < -0.3 is 4.42 Å². The summed E-state index contributed by atoms with van der Waals surface area (Å²) in [6.45, 7) is 17.3. The quantitative estimate of drug-likeness (QED) is 0.469. The van der Waals surface area contributed by atoms with Crippen LogP contribution in [0.3, 0.4) is 0 Å². The van der Waals surface area contributed by atoms with Gasteiger partial charge in [0, 0.05) is 0 Å². The van der Waals surface area contributed by atoms with Crippen LogP contribution in [0.5, 0.6) is 0 Å². The Bertz CT molecular complexity index is 719. The van der Waals surface area contributed by atoms with Gasteiger partial charge >= 0.3 is 0 Å². The molecule has 1 aromatic carbocycles. The molecule has 0 aliphatic rings. The van der Waals surface area contributed by atoms with Gasteiger partial charge in [0.2, 0.25) is 0 Å². The SMILES string of the molecule is C=C(C)c1ccccc1.C=C(C)c1ccco1.C=C(C)c1ccsc1. The summed E-state index contributed by atoms with van der Waals surface area (Å²) >= 11 is 1.71. The normalized spacial score (nSPS) is 9.08. The summed E-state index contributed by atoms with van der Waals surface area (Å²) in [5, 5.41) is 4.16. The number of benzene rings is 1. The first-order valence-corrected chi connectivity index (χ1v) is 8.94. The summed E-state index contributed by atoms with van der Waals surface area (Å²) in [6.07, 6.45) is 1.64. The predicted octanol–water partition coefficient (Wildman–Crippen LogP) is 7.81. The molecule has 0 atom stereocenters. The zero-order valence-corrected chi connectivity index (χ0v) is 16.1. The van der Waals surface area contributed by atoms with Crippen LogP contribution in [0.15, 0.2) is 89.7 Å². The molecule has 1 nitrogen and oxygen atoms in total. The molecular formula is C23H26OS. The molecule has 0 saturated heterocycles. The summed E-state index contributed by atoms with van der Waals surface area (Å²) in [4.78, 5) is 0. The summed E-state index contributed by atoms with van der Waals surface area (Å²) in [5.41, 5.74) is 5.71. The maximum atomic E-state index is 5.00. The van der Waals surface area contributed by atoms with Crippen LogP contribution < -0.4 is 0 Å². The van der Waals surface area contributed by atoms with Crippen molar-refractivity contribution in [1.29, 1.82) is 0 Å². The summed E-state index contributed by atoms with van der Waals surface area (Å²) in [7, 11) is 0. The van der Waals surface area contributed by atoms with Gasteiger partial charge in [0.25, 0.3) is 0 Å². The lowest BCUT2D eigenvalue weighted by atomic mass is 10.1. The van der Waals surface area contributed by atoms with Crippen LogP contribution in [0.4, 0.5) is 0 Å². The molecule has 0 aliphatic heterocycles. The van der Waals surface area contributed by atoms with Gasteiger partial charge in [0.15, 0.2) is 0 Å². The van der Waals surface area contributed by atoms with Crippen molar-refractivity contribution in [2.24, 2.45) is 0 Å². The predicted molar refractivity (Wildman–Crippen MR) is 114 cm³/mol. The molecule has 2 heteroatoms. The van der Waals surface area contributed by atoms with Crippen molar-refractivity contribution in [3.8, 4) is 0 Å². The average molecular weight is 351 g/mol. The van der Waals surface area contributed by atoms with Crippen molar-refractivity contribution in [2.45, 2.75) is 20.8 Å². The molecule has 2 heterocycles. The maximum Gasteiger partial charge on any atom is 0.128 e. The van der Waals surface area contributed by atoms with E-state index in [-0.39, 0.29) is 0 Å². The van der Waals surface area contributed by atoms with Crippen molar-refractivity contribution in [1.82, 2.24) is 0 Å². The highest BCUT2D eigenvalue weighted by atomic mass is 32.1. The molecule has 0 amide bonds. The van der Waals surface area contributed by atoms with Gasteiger partial charge in [0.05, 0.1) is 6.26 Å². The standard InChI is InChI=1S/C9H10.C7H8O.C7H8S/c1-8(2)9-6-4-3-5-7-9;1-6(2)7-4-3-5-8-7;1-6(2)7-3-4-8-5-7/h3-7H,1H2,2H3;2*3-5H,1H2,2H3. The van der Waals surface area contributed by atoms with E-state index in [1.807, 2.05) is 51.1 Å². The Morgan fingerprint density at radius 1 is 0.760 bits per heavy atom. The van der Waals surface area contributed by atoms with E-state index in [1.54, 1.807) is 17.6 Å². The number of allylic oxidation sites excluding steroid dienone is 3. The van der Waals surface area contributed by atoms with Gasteiger partial charge in [-0.1, -0.05) is 61.2 Å². The van der Waals surface area contributed by atoms with Crippen LogP contribution in [0, 0.1) is 0 Å². The van der Waals surface area contributed by atoms with Gasteiger partial charge in [-0.2, -0.15) is 11.3 Å². The third-order valence-electron chi connectivity index (χ3n) is 3.22. The first-order valence-electron chi connectivity index (χ1n) is 8.00. The largest absolute Gasteiger partial charge is 0.465 e. The van der Waals surface area contributed by atoms with Crippen LogP contribution in [0.1, 0.15) is 37.7 Å². The monoisotopic (exact) mass is 350 g/mol. The second-order valence-corrected chi connectivity index (χ2v) is 6.48. The van der Waals surface area contributed by atoms with Crippen LogP contribution in [-0.4, -0.2) is 0 Å². The van der Waals surface area contributed by atoms with E-state index in [0.717, 1.165) is 22.5 Å². The molecule has 3 aromatic rings. The lowest BCUT2D eigenvalue weighted by molar-refractivity contribution is 0.553. The zero-order valence-electron chi connectivity index (χ0n) is 15.3. The molecule has 0 aliphatic carbocycles. The molecule has 0 bridgehead atoms. The van der Waals surface area contributed by atoms with E-state index in [4.69, 9.17) is 4.42 Å². The highest BCUT2D eigenvalue weighted by Gasteiger charge is 1.91. The zero-order chi connectivity index (χ0) is 18.7. The molecule has 0 N–H and O–H groups in total. The number of hydrogen-bond donors (Lipinski definition) is 0. The summed E-state index contributed by atoms with van der Waals surface area (Å²) in [6, 6.07) is 16.0. The number of hydrogen-bond acceptors (Lipinski definition) is 2. The first-order chi connectivity index (χ1) is 11.9. The Morgan fingerprint density at radius 3 is 1.68 bits per heavy atom. The van der Waals surface area contributed by atoms with Crippen LogP contribution >= 0.6 is 11.3 Å². The minimum atomic E-state index is 0.866. The summed E-state index contributed by atoms with van der Waals surface area (Å²) < 4.78 is 5.00. The lowest BCUT2D eigenvalue weighted by Crippen LogP contribution is -1.72. The molecule has 130 valence electrons. The topological polar surface area (TPSA) is 13.1 Å². The molecule has 3 rings (SSSR count). The van der Waals surface area contributed by atoms with E-state index < -0.39 is 0 Å². The van der Waals surface area contributed by atoms with Gasteiger partial charge in [-0.15, -0.1) is 0 Å². The Morgan fingerprint density at radius 2 is 1.40 bits per heavy atom. The number of rotatable bonds is 3. The summed E-state index contributed by atoms with van der Waals surface area (Å²) in [5.74, 6) is 0.866. The molecule has 0 fully saturated rings. The van der Waals surface area contributed by atoms with Gasteiger partial charge in [-0.25, -0.2) is 0 Å². The molecular weight excluding hydrogens is 324 g/mol. The fourth-order valence-electron chi connectivity index (χ4n) is 1.75. The molecule has 0 radical (unpaired) electrons. The van der Waals surface area contributed by atoms with E-state index in [0.29, 0.717) is 0 Å². The van der Waals surface area contributed by atoms with Crippen molar-refractivity contribution in [3.63, 3.8) is 0 Å². The molecule has 2 aromatic heterocycles. The van der Waals surface area contributed by atoms with Crippen LogP contribution in [-0.2, 0) is 0 Å². The minimum Gasteiger partial charge on any atom is -0.465 e. The lowest BCUT2D eigenvalue weighted by Gasteiger charge is -1.94. The first kappa shape index (κ1) is 20.5. The third kappa shape index (κ3) is 8.18. The number of thiophene rings is 1. The maximum absolute atomic E-state index is 5.00. The molecule has 25 heavy (non-hydrogen) atoms. The Labute approximate surface area is 155 Å². The molecule has 0 unspecified atom stereocenters. The fraction of sp³-hybridized carbons (Fsp3) is 0.130. The van der Waals surface area contributed by atoms with Gasteiger partial charge in [-0.05, 0) is 66.4 Å². The van der Waals surface area contributed by atoms with Crippen LogP contribution in [0.25, 0.3) is 16.7 Å². The average Bonchev–Trinajstić information content (AvgIpc) is 3.30. The van der Waals surface area contributed by atoms with Crippen molar-refractivity contribution in [2.75, 3.05) is 0 Å². The van der Waals surface area contributed by atoms with E-state index >= 15 is 0 Å². The highest BCUT2D eigenvalue weighted by molar-refractivity contribution is 7.08. The van der Waals surface area contributed by atoms with Crippen LogP contribution in [0.2, 0.25) is 0 Å². The number of furan rings is 1. The van der Waals surface area contributed by atoms with Gasteiger partial charge in [-0.3, -0.25) is 0 Å². The molecule has 0 saturated carbocycles. The van der Waals surface area contributed by atoms with Crippen molar-refractivity contribution < 1.29 is 4.42 Å². The minimum absolute atomic E-state index is 0.866. The fourth-order valence-corrected chi connectivity index (χ4v) is 2.48. The van der Waals surface area contributed by atoms with Crippen molar-refractivity contribution >= 4 is 28.1 Å². The van der Waals surface area contributed by atoms with E-state index in [1.165, 1.54) is 11.1 Å². The van der Waals surface area contributed by atoms with E-state index in [2.05, 4.69) is 48.7 Å².